The summed E-state index contributed by atoms with van der Waals surface area (Å²) >= 11 is 0. The number of ether oxygens (including phenoxy) is 2. The fraction of sp³-hybridized carbons (Fsp3) is 0.625. The maximum Gasteiger partial charge on any atom is 0.180 e. The maximum absolute atomic E-state index is 12.9. The molecule has 0 aromatic heterocycles. The molecule has 1 aliphatic rings. The molecular weight excluding hydrogens is 302 g/mol. The van der Waals surface area contributed by atoms with E-state index in [-0.39, 0.29) is 11.8 Å². The smallest absolute Gasteiger partial charge is 0.180 e. The standard InChI is InChI=1S/C16H25NO4S/c1-6-16(7-2)10-22(18,19)15-9-14(21-5)13(20-4)8-12(15)11(3)17-16/h8-9,11,17H,6-7,10H2,1-5H3. The summed E-state index contributed by atoms with van der Waals surface area (Å²) in [5.41, 5.74) is 0.332. The lowest BCUT2D eigenvalue weighted by molar-refractivity contribution is 0.303. The van der Waals surface area contributed by atoms with Crippen LogP contribution in [0.1, 0.15) is 45.2 Å². The first-order valence-electron chi connectivity index (χ1n) is 7.59. The molecule has 124 valence electrons. The molecule has 0 fully saturated rings. The van der Waals surface area contributed by atoms with Gasteiger partial charge in [0.05, 0.1) is 24.9 Å². The molecule has 0 amide bonds. The molecule has 1 N–H and O–H groups in total. The van der Waals surface area contributed by atoms with Crippen molar-refractivity contribution in [2.75, 3.05) is 20.0 Å². The molecule has 0 saturated heterocycles. The molecule has 0 saturated carbocycles. The SMILES string of the molecule is CCC1(CC)CS(=O)(=O)c2cc(OC)c(OC)cc2C(C)N1. The van der Waals surface area contributed by atoms with Gasteiger partial charge >= 0.3 is 0 Å². The summed E-state index contributed by atoms with van der Waals surface area (Å²) in [4.78, 5) is 0.342. The third-order valence-electron chi connectivity index (χ3n) is 4.66. The van der Waals surface area contributed by atoms with Gasteiger partial charge in [-0.15, -0.1) is 0 Å². The number of rotatable bonds is 4. The van der Waals surface area contributed by atoms with Crippen LogP contribution in [-0.4, -0.2) is 33.9 Å². The monoisotopic (exact) mass is 327 g/mol. The van der Waals surface area contributed by atoms with Gasteiger partial charge in [-0.3, -0.25) is 0 Å². The van der Waals surface area contributed by atoms with E-state index in [4.69, 9.17) is 9.47 Å². The molecule has 22 heavy (non-hydrogen) atoms. The van der Waals surface area contributed by atoms with E-state index in [1.54, 1.807) is 19.2 Å². The highest BCUT2D eigenvalue weighted by atomic mass is 32.2. The Morgan fingerprint density at radius 1 is 1.18 bits per heavy atom. The minimum Gasteiger partial charge on any atom is -0.493 e. The minimum atomic E-state index is -3.40. The van der Waals surface area contributed by atoms with E-state index in [1.165, 1.54) is 7.11 Å². The van der Waals surface area contributed by atoms with E-state index < -0.39 is 15.4 Å². The summed E-state index contributed by atoms with van der Waals surface area (Å²) in [5.74, 6) is 1.09. The molecule has 1 aliphatic heterocycles. The van der Waals surface area contributed by atoms with Gasteiger partial charge in [0.25, 0.3) is 0 Å². The normalized spacial score (nSPS) is 22.5. The molecule has 0 aliphatic carbocycles. The Morgan fingerprint density at radius 3 is 2.23 bits per heavy atom. The molecule has 2 rings (SSSR count). The Morgan fingerprint density at radius 2 is 1.73 bits per heavy atom. The zero-order valence-corrected chi connectivity index (χ0v) is 14.7. The molecule has 6 heteroatoms. The van der Waals surface area contributed by atoms with Crippen molar-refractivity contribution in [2.24, 2.45) is 0 Å². The van der Waals surface area contributed by atoms with E-state index in [9.17, 15) is 8.42 Å². The highest BCUT2D eigenvalue weighted by molar-refractivity contribution is 7.91. The van der Waals surface area contributed by atoms with Crippen LogP contribution >= 0.6 is 0 Å². The number of fused-ring (bicyclic) bond motifs is 1. The zero-order valence-electron chi connectivity index (χ0n) is 13.9. The predicted octanol–water partition coefficient (Wildman–Crippen LogP) is 2.70. The molecule has 0 radical (unpaired) electrons. The second-order valence-corrected chi connectivity index (χ2v) is 7.82. The fourth-order valence-corrected chi connectivity index (χ4v) is 5.42. The van der Waals surface area contributed by atoms with Crippen LogP contribution in [0, 0.1) is 0 Å². The highest BCUT2D eigenvalue weighted by Crippen LogP contribution is 2.40. The van der Waals surface area contributed by atoms with Crippen molar-refractivity contribution in [3.63, 3.8) is 0 Å². The Bertz CT molecular complexity index is 650. The Hall–Kier alpha value is -1.27. The topological polar surface area (TPSA) is 64.6 Å². The number of sulfone groups is 1. The first-order chi connectivity index (χ1) is 10.3. The molecule has 5 nitrogen and oxygen atoms in total. The lowest BCUT2D eigenvalue weighted by Gasteiger charge is -2.33. The van der Waals surface area contributed by atoms with Crippen molar-refractivity contribution in [1.29, 1.82) is 0 Å². The lowest BCUT2D eigenvalue weighted by Crippen LogP contribution is -2.48. The van der Waals surface area contributed by atoms with Gasteiger partial charge in [0.2, 0.25) is 0 Å². The summed E-state index contributed by atoms with van der Waals surface area (Å²) < 4.78 is 36.4. The third kappa shape index (κ3) is 2.82. The van der Waals surface area contributed by atoms with Gasteiger partial charge in [0.15, 0.2) is 21.3 Å². The van der Waals surface area contributed by atoms with Gasteiger partial charge < -0.3 is 14.8 Å². The molecule has 1 unspecified atom stereocenters. The second kappa shape index (κ2) is 6.08. The molecular formula is C16H25NO4S. The summed E-state index contributed by atoms with van der Waals surface area (Å²) in [7, 11) is -0.336. The Kier molecular flexibility index (Phi) is 4.73. The van der Waals surface area contributed by atoms with Crippen molar-refractivity contribution in [1.82, 2.24) is 5.32 Å². The fourth-order valence-electron chi connectivity index (χ4n) is 3.16. The molecule has 1 heterocycles. The third-order valence-corrected chi connectivity index (χ3v) is 6.62. The van der Waals surface area contributed by atoms with Crippen LogP contribution in [0.3, 0.4) is 0 Å². The van der Waals surface area contributed by atoms with Crippen LogP contribution in [0.15, 0.2) is 17.0 Å². The van der Waals surface area contributed by atoms with Crippen molar-refractivity contribution < 1.29 is 17.9 Å². The van der Waals surface area contributed by atoms with Gasteiger partial charge in [-0.1, -0.05) is 13.8 Å². The number of methoxy groups -OCH3 is 2. The van der Waals surface area contributed by atoms with Gasteiger partial charge in [-0.25, -0.2) is 8.42 Å². The number of hydrogen-bond donors (Lipinski definition) is 1. The van der Waals surface area contributed by atoms with E-state index >= 15 is 0 Å². The average molecular weight is 327 g/mol. The quantitative estimate of drug-likeness (QED) is 0.921. The number of benzene rings is 1. The summed E-state index contributed by atoms with van der Waals surface area (Å²) in [6, 6.07) is 3.28. The molecule has 0 spiro atoms. The van der Waals surface area contributed by atoms with Gasteiger partial charge in [0, 0.05) is 17.6 Å². The molecule has 0 bridgehead atoms. The average Bonchev–Trinajstić information content (AvgIpc) is 2.59. The lowest BCUT2D eigenvalue weighted by atomic mass is 9.93. The summed E-state index contributed by atoms with van der Waals surface area (Å²) in [5, 5.41) is 3.52. The Balaban J connectivity index is 2.68. The largest absolute Gasteiger partial charge is 0.493 e. The van der Waals surface area contributed by atoms with Crippen molar-refractivity contribution in [3.8, 4) is 11.5 Å². The van der Waals surface area contributed by atoms with Crippen LogP contribution in [0.25, 0.3) is 0 Å². The number of hydrogen-bond acceptors (Lipinski definition) is 5. The molecule has 1 aromatic carbocycles. The molecule has 1 aromatic rings. The van der Waals surface area contributed by atoms with Crippen molar-refractivity contribution in [3.05, 3.63) is 17.7 Å². The number of nitrogens with one attached hydrogen (secondary N) is 1. The van der Waals surface area contributed by atoms with E-state index in [0.29, 0.717) is 16.4 Å². The summed E-state index contributed by atoms with van der Waals surface area (Å²) in [6.07, 6.45) is 1.52. The highest BCUT2D eigenvalue weighted by Gasteiger charge is 2.40. The van der Waals surface area contributed by atoms with Gasteiger partial charge in [0.1, 0.15) is 0 Å². The van der Waals surface area contributed by atoms with Gasteiger partial charge in [-0.2, -0.15) is 0 Å². The van der Waals surface area contributed by atoms with Crippen LogP contribution in [-0.2, 0) is 9.84 Å². The van der Waals surface area contributed by atoms with Crippen molar-refractivity contribution >= 4 is 9.84 Å². The van der Waals surface area contributed by atoms with Crippen LogP contribution < -0.4 is 14.8 Å². The Labute approximate surface area is 132 Å². The van der Waals surface area contributed by atoms with E-state index in [1.807, 2.05) is 20.8 Å². The first kappa shape index (κ1) is 17.1. The first-order valence-corrected chi connectivity index (χ1v) is 9.24. The van der Waals surface area contributed by atoms with Crippen LogP contribution in [0.5, 0.6) is 11.5 Å². The molecule has 1 atom stereocenters. The van der Waals surface area contributed by atoms with Crippen molar-refractivity contribution in [2.45, 2.75) is 50.1 Å². The summed E-state index contributed by atoms with van der Waals surface area (Å²) in [6.45, 7) is 6.04. The van der Waals surface area contributed by atoms with E-state index in [2.05, 4.69) is 5.32 Å². The predicted molar refractivity (Wildman–Crippen MR) is 86.5 cm³/mol. The van der Waals surface area contributed by atoms with Gasteiger partial charge in [-0.05, 0) is 31.4 Å². The second-order valence-electron chi connectivity index (χ2n) is 5.86. The van der Waals surface area contributed by atoms with Crippen LogP contribution in [0.2, 0.25) is 0 Å². The van der Waals surface area contributed by atoms with E-state index in [0.717, 1.165) is 18.4 Å². The minimum absolute atomic E-state index is 0.0769. The zero-order chi connectivity index (χ0) is 16.5. The van der Waals surface area contributed by atoms with Crippen LogP contribution in [0.4, 0.5) is 0 Å². The maximum atomic E-state index is 12.9.